The lowest BCUT2D eigenvalue weighted by Crippen LogP contribution is -2.53. The molecule has 7 heteroatoms. The maximum Gasteiger partial charge on any atom is 0.217 e. The molecule has 0 spiro atoms. The van der Waals surface area contributed by atoms with E-state index in [1.54, 1.807) is 13.2 Å². The zero-order chi connectivity index (χ0) is 21.6. The lowest BCUT2D eigenvalue weighted by Gasteiger charge is -2.30. The molecule has 3 aromatic rings. The third-order valence-corrected chi connectivity index (χ3v) is 4.87. The van der Waals surface area contributed by atoms with Crippen LogP contribution in [0.3, 0.4) is 0 Å². The van der Waals surface area contributed by atoms with Gasteiger partial charge in [0.2, 0.25) is 5.91 Å². The van der Waals surface area contributed by atoms with Crippen LogP contribution in [0.1, 0.15) is 24.8 Å². The molecule has 3 N–H and O–H groups in total. The van der Waals surface area contributed by atoms with Gasteiger partial charge in [-0.15, -0.1) is 0 Å². The van der Waals surface area contributed by atoms with Gasteiger partial charge in [-0.05, 0) is 54.8 Å². The fourth-order valence-corrected chi connectivity index (χ4v) is 3.16. The Balaban J connectivity index is 1.59. The second kappa shape index (κ2) is 9.56. The number of amides is 1. The number of ether oxygens (including phenoxy) is 1. The first-order chi connectivity index (χ1) is 14.4. The average molecular weight is 410 g/mol. The van der Waals surface area contributed by atoms with E-state index < -0.39 is 5.54 Å². The highest BCUT2D eigenvalue weighted by Crippen LogP contribution is 2.26. The second-order valence-electron chi connectivity index (χ2n) is 7.30. The first kappa shape index (κ1) is 21.5. The molecule has 0 saturated heterocycles. The van der Waals surface area contributed by atoms with Crippen LogP contribution in [-0.4, -0.2) is 39.9 Å². The second-order valence-corrected chi connectivity index (χ2v) is 7.30. The molecule has 0 fully saturated rings. The molecule has 0 aliphatic carbocycles. The summed E-state index contributed by atoms with van der Waals surface area (Å²) in [5.41, 5.74) is 1.72. The predicted molar refractivity (Wildman–Crippen MR) is 112 cm³/mol. The van der Waals surface area contributed by atoms with Gasteiger partial charge in [-0.25, -0.2) is 4.98 Å². The number of nitrogens with one attached hydrogen (secondary N) is 1. The SMILES string of the molecule is CC(=O)NC(CO)(CO)CCc1ccc(Oc2ccc(-c3coc(C)n3)cc2)cc1. The topological polar surface area (TPSA) is 105 Å². The van der Waals surface area contributed by atoms with Crippen molar-refractivity contribution in [2.24, 2.45) is 0 Å². The highest BCUT2D eigenvalue weighted by atomic mass is 16.5. The molecule has 0 saturated carbocycles. The number of benzene rings is 2. The summed E-state index contributed by atoms with van der Waals surface area (Å²) in [5, 5.41) is 21.9. The summed E-state index contributed by atoms with van der Waals surface area (Å²) in [4.78, 5) is 15.7. The number of aliphatic hydroxyl groups is 2. The van der Waals surface area contributed by atoms with Gasteiger partial charge in [-0.3, -0.25) is 4.79 Å². The van der Waals surface area contributed by atoms with E-state index in [1.807, 2.05) is 48.5 Å². The number of aliphatic hydroxyl groups excluding tert-OH is 2. The Labute approximate surface area is 175 Å². The van der Waals surface area contributed by atoms with E-state index in [1.165, 1.54) is 6.92 Å². The van der Waals surface area contributed by atoms with Gasteiger partial charge in [0.05, 0.1) is 18.8 Å². The minimum atomic E-state index is -1.02. The fourth-order valence-electron chi connectivity index (χ4n) is 3.16. The van der Waals surface area contributed by atoms with E-state index in [9.17, 15) is 15.0 Å². The highest BCUT2D eigenvalue weighted by Gasteiger charge is 2.29. The Kier molecular flexibility index (Phi) is 6.87. The van der Waals surface area contributed by atoms with Gasteiger partial charge in [-0.2, -0.15) is 0 Å². The number of carbonyl (C=O) groups is 1. The Hall–Kier alpha value is -3.16. The lowest BCUT2D eigenvalue weighted by molar-refractivity contribution is -0.122. The van der Waals surface area contributed by atoms with E-state index in [4.69, 9.17) is 9.15 Å². The molecule has 3 rings (SSSR count). The predicted octanol–water partition coefficient (Wildman–Crippen LogP) is 3.23. The van der Waals surface area contributed by atoms with Gasteiger partial charge < -0.3 is 24.7 Å². The van der Waals surface area contributed by atoms with Crippen molar-refractivity contribution >= 4 is 5.91 Å². The van der Waals surface area contributed by atoms with Crippen molar-refractivity contribution in [1.29, 1.82) is 0 Å². The van der Waals surface area contributed by atoms with E-state index >= 15 is 0 Å². The quantitative estimate of drug-likeness (QED) is 0.500. The van der Waals surface area contributed by atoms with Crippen molar-refractivity contribution in [2.45, 2.75) is 32.2 Å². The minimum absolute atomic E-state index is 0.286. The van der Waals surface area contributed by atoms with Crippen LogP contribution < -0.4 is 10.1 Å². The summed E-state index contributed by atoms with van der Waals surface area (Å²) in [6.45, 7) is 2.52. The molecule has 7 nitrogen and oxygen atoms in total. The van der Waals surface area contributed by atoms with Crippen molar-refractivity contribution in [3.63, 3.8) is 0 Å². The standard InChI is InChI=1S/C23H26N2O5/c1-16(28)25-23(14-26,15-27)12-11-18-3-7-20(8-4-18)30-21-9-5-19(6-10-21)22-13-29-17(2)24-22/h3-10,13,26-27H,11-12,14-15H2,1-2H3,(H,25,28). The molecule has 0 aliphatic heterocycles. The summed E-state index contributed by atoms with van der Waals surface area (Å²) >= 11 is 0. The average Bonchev–Trinajstić information content (AvgIpc) is 3.19. The summed E-state index contributed by atoms with van der Waals surface area (Å²) in [6, 6.07) is 15.2. The number of aromatic nitrogens is 1. The van der Waals surface area contributed by atoms with Crippen LogP contribution in [0, 0.1) is 6.92 Å². The molecule has 1 aromatic heterocycles. The minimum Gasteiger partial charge on any atom is -0.457 e. The number of aryl methyl sites for hydroxylation is 2. The normalized spacial score (nSPS) is 11.3. The molecule has 0 aliphatic rings. The highest BCUT2D eigenvalue weighted by molar-refractivity contribution is 5.73. The summed E-state index contributed by atoms with van der Waals surface area (Å²) < 4.78 is 11.1. The molecule has 0 radical (unpaired) electrons. The van der Waals surface area contributed by atoms with Crippen LogP contribution >= 0.6 is 0 Å². The van der Waals surface area contributed by atoms with Gasteiger partial charge in [0.15, 0.2) is 5.89 Å². The van der Waals surface area contributed by atoms with Gasteiger partial charge >= 0.3 is 0 Å². The number of rotatable bonds is 9. The monoisotopic (exact) mass is 410 g/mol. The van der Waals surface area contributed by atoms with E-state index in [2.05, 4.69) is 10.3 Å². The number of carbonyl (C=O) groups excluding carboxylic acids is 1. The molecular formula is C23H26N2O5. The Bertz CT molecular complexity index is 960. The third-order valence-electron chi connectivity index (χ3n) is 4.87. The van der Waals surface area contributed by atoms with Gasteiger partial charge in [-0.1, -0.05) is 12.1 Å². The van der Waals surface area contributed by atoms with Crippen molar-refractivity contribution < 1.29 is 24.2 Å². The van der Waals surface area contributed by atoms with E-state index in [0.717, 1.165) is 16.8 Å². The molecular weight excluding hydrogens is 384 g/mol. The number of oxazole rings is 1. The maximum atomic E-state index is 11.4. The fraction of sp³-hybridized carbons (Fsp3) is 0.304. The van der Waals surface area contributed by atoms with Gasteiger partial charge in [0, 0.05) is 19.4 Å². The first-order valence-corrected chi connectivity index (χ1v) is 9.73. The van der Waals surface area contributed by atoms with Crippen LogP contribution in [0.15, 0.2) is 59.2 Å². The molecule has 0 atom stereocenters. The van der Waals surface area contributed by atoms with Crippen LogP contribution in [0.5, 0.6) is 11.5 Å². The smallest absolute Gasteiger partial charge is 0.217 e. The van der Waals surface area contributed by atoms with Gasteiger partial charge in [0.1, 0.15) is 23.5 Å². The first-order valence-electron chi connectivity index (χ1n) is 9.73. The molecule has 2 aromatic carbocycles. The lowest BCUT2D eigenvalue weighted by atomic mass is 9.92. The van der Waals surface area contributed by atoms with E-state index in [-0.39, 0.29) is 19.1 Å². The summed E-state index contributed by atoms with van der Waals surface area (Å²) in [7, 11) is 0. The Morgan fingerprint density at radius 3 is 2.17 bits per heavy atom. The Morgan fingerprint density at radius 1 is 1.07 bits per heavy atom. The molecule has 158 valence electrons. The van der Waals surface area contributed by atoms with Crippen LogP contribution in [0.2, 0.25) is 0 Å². The third kappa shape index (κ3) is 5.46. The van der Waals surface area contributed by atoms with Crippen molar-refractivity contribution in [1.82, 2.24) is 10.3 Å². The molecule has 1 amide bonds. The molecule has 1 heterocycles. The zero-order valence-electron chi connectivity index (χ0n) is 17.1. The zero-order valence-corrected chi connectivity index (χ0v) is 17.1. The molecule has 0 unspecified atom stereocenters. The number of nitrogens with zero attached hydrogens (tertiary/aromatic N) is 1. The molecule has 0 bridgehead atoms. The van der Waals surface area contributed by atoms with E-state index in [0.29, 0.717) is 30.2 Å². The van der Waals surface area contributed by atoms with Crippen molar-refractivity contribution in [3.8, 4) is 22.8 Å². The van der Waals surface area contributed by atoms with Crippen LogP contribution in [0.25, 0.3) is 11.3 Å². The van der Waals surface area contributed by atoms with Crippen LogP contribution in [0.4, 0.5) is 0 Å². The van der Waals surface area contributed by atoms with Gasteiger partial charge in [0.25, 0.3) is 0 Å². The number of hydrogen-bond acceptors (Lipinski definition) is 6. The molecule has 30 heavy (non-hydrogen) atoms. The largest absolute Gasteiger partial charge is 0.457 e. The summed E-state index contributed by atoms with van der Waals surface area (Å²) in [6.07, 6.45) is 2.63. The maximum absolute atomic E-state index is 11.4. The Morgan fingerprint density at radius 2 is 1.67 bits per heavy atom. The number of hydrogen-bond donors (Lipinski definition) is 3. The van der Waals surface area contributed by atoms with Crippen molar-refractivity contribution in [2.75, 3.05) is 13.2 Å². The van der Waals surface area contributed by atoms with Crippen LogP contribution in [-0.2, 0) is 11.2 Å². The van der Waals surface area contributed by atoms with Crippen molar-refractivity contribution in [3.05, 3.63) is 66.2 Å². The summed E-state index contributed by atoms with van der Waals surface area (Å²) in [5.74, 6) is 1.74.